The summed E-state index contributed by atoms with van der Waals surface area (Å²) >= 11 is 0. The number of carbonyl (C=O) groups excluding carboxylic acids is 1. The summed E-state index contributed by atoms with van der Waals surface area (Å²) in [7, 11) is 0. The second-order valence-corrected chi connectivity index (χ2v) is 4.50. The first-order chi connectivity index (χ1) is 9.54. The van der Waals surface area contributed by atoms with Crippen molar-refractivity contribution >= 4 is 23.0 Å². The molecule has 0 saturated heterocycles. The van der Waals surface area contributed by atoms with E-state index in [0.29, 0.717) is 17.1 Å². The van der Waals surface area contributed by atoms with Crippen LogP contribution in [-0.2, 0) is 4.79 Å². The minimum absolute atomic E-state index is 0.0860. The van der Waals surface area contributed by atoms with Crippen LogP contribution >= 0.6 is 0 Å². The normalized spacial score (nSPS) is 10.1. The maximum atomic E-state index is 11.8. The van der Waals surface area contributed by atoms with Gasteiger partial charge in [-0.3, -0.25) is 4.79 Å². The molecule has 5 nitrogen and oxygen atoms in total. The highest BCUT2D eigenvalue weighted by atomic mass is 16.5. The van der Waals surface area contributed by atoms with Crippen LogP contribution in [0.1, 0.15) is 5.56 Å². The number of nitrogen functional groups attached to an aromatic ring is 2. The number of ether oxygens (including phenoxy) is 1. The summed E-state index contributed by atoms with van der Waals surface area (Å²) in [6, 6.07) is 12.5. The Kier molecular flexibility index (Phi) is 4.10. The molecule has 0 radical (unpaired) electrons. The molecule has 5 heteroatoms. The first-order valence-corrected chi connectivity index (χ1v) is 6.19. The fourth-order valence-corrected chi connectivity index (χ4v) is 1.71. The minimum atomic E-state index is -0.231. The van der Waals surface area contributed by atoms with Crippen molar-refractivity contribution in [3.05, 3.63) is 48.0 Å². The molecule has 0 atom stereocenters. The fraction of sp³-hybridized carbons (Fsp3) is 0.133. The highest BCUT2D eigenvalue weighted by Crippen LogP contribution is 2.21. The first kappa shape index (κ1) is 13.7. The number of nitrogens with one attached hydrogen (secondary N) is 1. The molecule has 2 aromatic rings. The maximum Gasteiger partial charge on any atom is 0.262 e. The zero-order valence-corrected chi connectivity index (χ0v) is 11.2. The molecular formula is C15H17N3O2. The Labute approximate surface area is 117 Å². The number of benzene rings is 2. The van der Waals surface area contributed by atoms with Crippen molar-refractivity contribution in [2.75, 3.05) is 23.4 Å². The van der Waals surface area contributed by atoms with Gasteiger partial charge in [-0.05, 0) is 36.8 Å². The Bertz CT molecular complexity index is 626. The van der Waals surface area contributed by atoms with E-state index in [2.05, 4.69) is 5.32 Å². The highest BCUT2D eigenvalue weighted by molar-refractivity contribution is 5.91. The van der Waals surface area contributed by atoms with E-state index < -0.39 is 0 Å². The molecule has 1 amide bonds. The SMILES string of the molecule is Cc1cccc(NC(=O)COc2ccc(N)c(N)c2)c1. The summed E-state index contributed by atoms with van der Waals surface area (Å²) < 4.78 is 5.36. The monoisotopic (exact) mass is 271 g/mol. The summed E-state index contributed by atoms with van der Waals surface area (Å²) in [4.78, 5) is 11.8. The van der Waals surface area contributed by atoms with E-state index in [1.807, 2.05) is 31.2 Å². The van der Waals surface area contributed by atoms with Crippen molar-refractivity contribution < 1.29 is 9.53 Å². The molecule has 0 saturated carbocycles. The Balaban J connectivity index is 1.90. The highest BCUT2D eigenvalue weighted by Gasteiger charge is 2.05. The maximum absolute atomic E-state index is 11.8. The Morgan fingerprint density at radius 2 is 1.95 bits per heavy atom. The van der Waals surface area contributed by atoms with Crippen LogP contribution in [-0.4, -0.2) is 12.5 Å². The van der Waals surface area contributed by atoms with Gasteiger partial charge < -0.3 is 21.5 Å². The van der Waals surface area contributed by atoms with E-state index in [0.717, 1.165) is 11.3 Å². The lowest BCUT2D eigenvalue weighted by Gasteiger charge is -2.09. The molecule has 5 N–H and O–H groups in total. The Morgan fingerprint density at radius 1 is 1.15 bits per heavy atom. The van der Waals surface area contributed by atoms with Gasteiger partial charge in [0.25, 0.3) is 5.91 Å². The predicted molar refractivity (Wildman–Crippen MR) is 80.6 cm³/mol. The van der Waals surface area contributed by atoms with Gasteiger partial charge >= 0.3 is 0 Å². The number of hydrogen-bond donors (Lipinski definition) is 3. The van der Waals surface area contributed by atoms with Crippen molar-refractivity contribution in [3.63, 3.8) is 0 Å². The molecule has 0 bridgehead atoms. The number of nitrogens with two attached hydrogens (primary N) is 2. The van der Waals surface area contributed by atoms with Gasteiger partial charge in [-0.15, -0.1) is 0 Å². The van der Waals surface area contributed by atoms with Crippen LogP contribution in [0, 0.1) is 6.92 Å². The van der Waals surface area contributed by atoms with Crippen LogP contribution in [0.4, 0.5) is 17.1 Å². The standard InChI is InChI=1S/C15H17N3O2/c1-10-3-2-4-11(7-10)18-15(19)9-20-12-5-6-13(16)14(17)8-12/h2-8H,9,16-17H2,1H3,(H,18,19). The van der Waals surface area contributed by atoms with Crippen molar-refractivity contribution in [1.82, 2.24) is 0 Å². The molecule has 0 aliphatic rings. The van der Waals surface area contributed by atoms with Crippen molar-refractivity contribution in [2.24, 2.45) is 0 Å². The second-order valence-electron chi connectivity index (χ2n) is 4.50. The topological polar surface area (TPSA) is 90.4 Å². The number of rotatable bonds is 4. The molecule has 20 heavy (non-hydrogen) atoms. The van der Waals surface area contributed by atoms with Gasteiger partial charge in [-0.2, -0.15) is 0 Å². The van der Waals surface area contributed by atoms with Crippen LogP contribution in [0.15, 0.2) is 42.5 Å². The van der Waals surface area contributed by atoms with E-state index in [9.17, 15) is 4.79 Å². The molecule has 0 aromatic heterocycles. The van der Waals surface area contributed by atoms with Crippen LogP contribution in [0.2, 0.25) is 0 Å². The average Bonchev–Trinajstić information content (AvgIpc) is 2.40. The number of aryl methyl sites for hydroxylation is 1. The van der Waals surface area contributed by atoms with Gasteiger partial charge in [0.15, 0.2) is 6.61 Å². The van der Waals surface area contributed by atoms with Crippen LogP contribution in [0.3, 0.4) is 0 Å². The molecule has 0 fully saturated rings. The molecule has 0 unspecified atom stereocenters. The van der Waals surface area contributed by atoms with Crippen molar-refractivity contribution in [2.45, 2.75) is 6.92 Å². The van der Waals surface area contributed by atoms with E-state index in [-0.39, 0.29) is 12.5 Å². The number of anilines is 3. The third kappa shape index (κ3) is 3.65. The van der Waals surface area contributed by atoms with Gasteiger partial charge in [0, 0.05) is 11.8 Å². The van der Waals surface area contributed by atoms with Gasteiger partial charge in [0.1, 0.15) is 5.75 Å². The molecule has 2 rings (SSSR count). The van der Waals surface area contributed by atoms with Crippen LogP contribution in [0.5, 0.6) is 5.75 Å². The Morgan fingerprint density at radius 3 is 2.65 bits per heavy atom. The molecule has 2 aromatic carbocycles. The van der Waals surface area contributed by atoms with E-state index >= 15 is 0 Å². The number of hydrogen-bond acceptors (Lipinski definition) is 4. The largest absolute Gasteiger partial charge is 0.484 e. The Hall–Kier alpha value is -2.69. The molecule has 0 spiro atoms. The molecule has 0 heterocycles. The summed E-state index contributed by atoms with van der Waals surface area (Å²) in [6.45, 7) is 1.88. The quantitative estimate of drug-likeness (QED) is 0.743. The molecule has 0 aliphatic heterocycles. The lowest BCUT2D eigenvalue weighted by Crippen LogP contribution is -2.20. The fourth-order valence-electron chi connectivity index (χ4n) is 1.71. The number of amides is 1. The zero-order valence-electron chi connectivity index (χ0n) is 11.2. The van der Waals surface area contributed by atoms with Gasteiger partial charge in [0.05, 0.1) is 11.4 Å². The van der Waals surface area contributed by atoms with Crippen molar-refractivity contribution in [1.29, 1.82) is 0 Å². The lowest BCUT2D eigenvalue weighted by atomic mass is 10.2. The summed E-state index contributed by atoms with van der Waals surface area (Å²) in [5.74, 6) is 0.280. The molecule has 104 valence electrons. The van der Waals surface area contributed by atoms with E-state index in [1.165, 1.54) is 0 Å². The predicted octanol–water partition coefficient (Wildman–Crippen LogP) is 2.18. The summed E-state index contributed by atoms with van der Waals surface area (Å²) in [6.07, 6.45) is 0. The van der Waals surface area contributed by atoms with Crippen molar-refractivity contribution in [3.8, 4) is 5.75 Å². The van der Waals surface area contributed by atoms with Gasteiger partial charge in [-0.1, -0.05) is 12.1 Å². The van der Waals surface area contributed by atoms with Crippen LogP contribution < -0.4 is 21.5 Å². The minimum Gasteiger partial charge on any atom is -0.484 e. The summed E-state index contributed by atoms with van der Waals surface area (Å²) in [5.41, 5.74) is 14.0. The third-order valence-electron chi connectivity index (χ3n) is 2.73. The van der Waals surface area contributed by atoms with E-state index in [4.69, 9.17) is 16.2 Å². The third-order valence-corrected chi connectivity index (χ3v) is 2.73. The van der Waals surface area contributed by atoms with Gasteiger partial charge in [-0.25, -0.2) is 0 Å². The smallest absolute Gasteiger partial charge is 0.262 e. The summed E-state index contributed by atoms with van der Waals surface area (Å²) in [5, 5.41) is 2.76. The molecular weight excluding hydrogens is 254 g/mol. The number of carbonyl (C=O) groups is 1. The van der Waals surface area contributed by atoms with E-state index in [1.54, 1.807) is 18.2 Å². The van der Waals surface area contributed by atoms with Gasteiger partial charge in [0.2, 0.25) is 0 Å². The second kappa shape index (κ2) is 5.97. The first-order valence-electron chi connectivity index (χ1n) is 6.19. The molecule has 0 aliphatic carbocycles. The lowest BCUT2D eigenvalue weighted by molar-refractivity contribution is -0.118. The zero-order chi connectivity index (χ0) is 14.5. The van der Waals surface area contributed by atoms with Crippen LogP contribution in [0.25, 0.3) is 0 Å². The average molecular weight is 271 g/mol.